The smallest absolute Gasteiger partial charge is 0.0541 e. The van der Waals surface area contributed by atoms with Gasteiger partial charge in [-0.25, -0.2) is 0 Å². The first-order valence-corrected chi connectivity index (χ1v) is 14.6. The summed E-state index contributed by atoms with van der Waals surface area (Å²) in [4.78, 5) is 0. The van der Waals surface area contributed by atoms with Crippen LogP contribution in [-0.4, -0.2) is 4.57 Å². The second kappa shape index (κ2) is 9.19. The maximum Gasteiger partial charge on any atom is 0.0541 e. The van der Waals surface area contributed by atoms with Gasteiger partial charge in [-0.3, -0.25) is 0 Å². The molecule has 8 rings (SSSR count). The van der Waals surface area contributed by atoms with Crippen molar-refractivity contribution >= 4 is 27.4 Å². The fraction of sp³-hybridized carbons (Fsp3) is 0.0732. The Bertz CT molecular complexity index is 2100. The Labute approximate surface area is 247 Å². The minimum Gasteiger partial charge on any atom is -0.309 e. The molecule has 1 aliphatic carbocycles. The minimum absolute atomic E-state index is 0.0164. The van der Waals surface area contributed by atoms with Crippen LogP contribution < -0.4 is 0 Å². The Balaban J connectivity index is 1.09. The minimum atomic E-state index is -0.0164. The molecule has 0 fully saturated rings. The highest BCUT2D eigenvalue weighted by Gasteiger charge is 2.35. The van der Waals surface area contributed by atoms with E-state index >= 15 is 0 Å². The van der Waals surface area contributed by atoms with E-state index in [2.05, 4.69) is 165 Å². The van der Waals surface area contributed by atoms with Gasteiger partial charge in [-0.2, -0.15) is 0 Å². The van der Waals surface area contributed by atoms with Crippen LogP contribution in [-0.2, 0) is 5.41 Å². The summed E-state index contributed by atoms with van der Waals surface area (Å²) < 4.78 is 2.36. The summed E-state index contributed by atoms with van der Waals surface area (Å²) in [6.07, 6.45) is 0. The summed E-state index contributed by atoms with van der Waals surface area (Å²) in [5, 5.41) is 2.56. The average molecular weight is 538 g/mol. The zero-order valence-corrected chi connectivity index (χ0v) is 23.9. The van der Waals surface area contributed by atoms with Crippen LogP contribution >= 0.6 is 0 Å². The van der Waals surface area contributed by atoms with Crippen molar-refractivity contribution in [2.45, 2.75) is 19.3 Å². The third-order valence-corrected chi connectivity index (χ3v) is 9.20. The first-order chi connectivity index (χ1) is 20.5. The van der Waals surface area contributed by atoms with E-state index in [0.717, 1.165) is 11.1 Å². The molecule has 1 aliphatic rings. The average Bonchev–Trinajstić information content (AvgIpc) is 3.50. The number of para-hydroxylation sites is 2. The Morgan fingerprint density at radius 3 is 1.71 bits per heavy atom. The monoisotopic (exact) mass is 537 g/mol. The number of hydrogen-bond donors (Lipinski definition) is 0. The van der Waals surface area contributed by atoms with Gasteiger partial charge < -0.3 is 4.57 Å². The largest absolute Gasteiger partial charge is 0.309 e. The van der Waals surface area contributed by atoms with Gasteiger partial charge in [-0.1, -0.05) is 130 Å². The van der Waals surface area contributed by atoms with Crippen molar-refractivity contribution in [2.75, 3.05) is 0 Å². The molecule has 1 aromatic heterocycles. The standard InChI is InChI=1S/C41H31N/c1-27(31-22-25-34-33-10-4-7-13-37(33)41(2,3)38(34)26-31)28-16-18-29(19-17-28)30-20-23-32(24-21-30)42-39-14-8-5-11-35(39)36-12-6-9-15-40(36)42/h4-26H,1H2,2-3H3. The van der Waals surface area contributed by atoms with E-state index in [1.807, 2.05) is 0 Å². The fourth-order valence-electron chi connectivity index (χ4n) is 6.93. The first-order valence-electron chi connectivity index (χ1n) is 14.6. The lowest BCUT2D eigenvalue weighted by Gasteiger charge is -2.22. The predicted octanol–water partition coefficient (Wildman–Crippen LogP) is 10.8. The first kappa shape index (κ1) is 24.6. The van der Waals surface area contributed by atoms with E-state index in [4.69, 9.17) is 0 Å². The van der Waals surface area contributed by atoms with Crippen molar-refractivity contribution in [3.05, 3.63) is 168 Å². The summed E-state index contributed by atoms with van der Waals surface area (Å²) >= 11 is 0. The second-order valence-electron chi connectivity index (χ2n) is 11.9. The molecular formula is C41H31N. The summed E-state index contributed by atoms with van der Waals surface area (Å²) in [6.45, 7) is 9.16. The van der Waals surface area contributed by atoms with Crippen molar-refractivity contribution < 1.29 is 0 Å². The van der Waals surface area contributed by atoms with Gasteiger partial charge >= 0.3 is 0 Å². The fourth-order valence-corrected chi connectivity index (χ4v) is 6.93. The maximum absolute atomic E-state index is 4.51. The van der Waals surface area contributed by atoms with Crippen LogP contribution in [0.1, 0.15) is 36.1 Å². The Kier molecular flexibility index (Phi) is 5.39. The Morgan fingerprint density at radius 2 is 1.05 bits per heavy atom. The van der Waals surface area contributed by atoms with Crippen molar-refractivity contribution in [3.8, 4) is 27.9 Å². The molecule has 0 bridgehead atoms. The maximum atomic E-state index is 4.51. The molecule has 200 valence electrons. The van der Waals surface area contributed by atoms with Crippen molar-refractivity contribution in [1.29, 1.82) is 0 Å². The van der Waals surface area contributed by atoms with Crippen LogP contribution in [0, 0.1) is 0 Å². The van der Waals surface area contributed by atoms with Gasteiger partial charge in [0.1, 0.15) is 0 Å². The molecule has 0 saturated carbocycles. The van der Waals surface area contributed by atoms with E-state index in [9.17, 15) is 0 Å². The molecular weight excluding hydrogens is 506 g/mol. The van der Waals surface area contributed by atoms with E-state index in [1.54, 1.807) is 0 Å². The van der Waals surface area contributed by atoms with Crippen LogP contribution in [0.2, 0.25) is 0 Å². The lowest BCUT2D eigenvalue weighted by Crippen LogP contribution is -2.15. The van der Waals surface area contributed by atoms with Gasteiger partial charge in [0, 0.05) is 21.9 Å². The van der Waals surface area contributed by atoms with Gasteiger partial charge in [0.25, 0.3) is 0 Å². The highest BCUT2D eigenvalue weighted by atomic mass is 15.0. The topological polar surface area (TPSA) is 4.93 Å². The third-order valence-electron chi connectivity index (χ3n) is 9.20. The molecule has 42 heavy (non-hydrogen) atoms. The molecule has 0 radical (unpaired) electrons. The molecule has 1 nitrogen and oxygen atoms in total. The molecule has 7 aromatic rings. The lowest BCUT2D eigenvalue weighted by molar-refractivity contribution is 0.660. The summed E-state index contributed by atoms with van der Waals surface area (Å²) in [6, 6.07) is 50.6. The number of rotatable bonds is 4. The summed E-state index contributed by atoms with van der Waals surface area (Å²) in [5.41, 5.74) is 14.9. The van der Waals surface area contributed by atoms with E-state index in [1.165, 1.54) is 66.4 Å². The van der Waals surface area contributed by atoms with Gasteiger partial charge in [0.2, 0.25) is 0 Å². The predicted molar refractivity (Wildman–Crippen MR) is 178 cm³/mol. The van der Waals surface area contributed by atoms with Crippen molar-refractivity contribution in [3.63, 3.8) is 0 Å². The second-order valence-corrected chi connectivity index (χ2v) is 11.9. The van der Waals surface area contributed by atoms with Crippen LogP contribution in [0.15, 0.2) is 146 Å². The molecule has 0 unspecified atom stereocenters. The van der Waals surface area contributed by atoms with Gasteiger partial charge in [-0.05, 0) is 80.4 Å². The number of fused-ring (bicyclic) bond motifs is 6. The zero-order chi connectivity index (χ0) is 28.4. The van der Waals surface area contributed by atoms with Crippen molar-refractivity contribution in [1.82, 2.24) is 4.57 Å². The molecule has 0 amide bonds. The highest BCUT2D eigenvalue weighted by Crippen LogP contribution is 2.49. The molecule has 0 spiro atoms. The zero-order valence-electron chi connectivity index (χ0n) is 23.9. The van der Waals surface area contributed by atoms with Crippen LogP contribution in [0.3, 0.4) is 0 Å². The molecule has 0 saturated heterocycles. The van der Waals surface area contributed by atoms with Gasteiger partial charge in [0.15, 0.2) is 0 Å². The Morgan fingerprint density at radius 1 is 0.524 bits per heavy atom. The van der Waals surface area contributed by atoms with Gasteiger partial charge in [-0.15, -0.1) is 0 Å². The van der Waals surface area contributed by atoms with Crippen LogP contribution in [0.4, 0.5) is 0 Å². The third kappa shape index (κ3) is 3.63. The SMILES string of the molecule is C=C(c1ccc(-c2ccc(-n3c4ccccc4c4ccccc43)cc2)cc1)c1ccc2c(c1)C(C)(C)c1ccccc1-2. The normalized spacial score (nSPS) is 13.3. The number of hydrogen-bond acceptors (Lipinski definition) is 0. The number of nitrogens with zero attached hydrogens (tertiary/aromatic N) is 1. The quantitative estimate of drug-likeness (QED) is 0.210. The van der Waals surface area contributed by atoms with Crippen molar-refractivity contribution in [2.24, 2.45) is 0 Å². The number of benzene rings is 6. The highest BCUT2D eigenvalue weighted by molar-refractivity contribution is 6.09. The molecule has 1 heterocycles. The van der Waals surface area contributed by atoms with E-state index < -0.39 is 0 Å². The molecule has 0 N–H and O–H groups in total. The van der Waals surface area contributed by atoms with Crippen LogP contribution in [0.25, 0.3) is 55.3 Å². The number of aromatic nitrogens is 1. The lowest BCUT2D eigenvalue weighted by atomic mass is 9.81. The summed E-state index contributed by atoms with van der Waals surface area (Å²) in [7, 11) is 0. The summed E-state index contributed by atoms with van der Waals surface area (Å²) in [5.74, 6) is 0. The van der Waals surface area contributed by atoms with E-state index in [-0.39, 0.29) is 5.41 Å². The van der Waals surface area contributed by atoms with Gasteiger partial charge in [0.05, 0.1) is 11.0 Å². The molecule has 0 atom stereocenters. The Hall–Kier alpha value is -5.14. The molecule has 1 heteroatoms. The molecule has 6 aromatic carbocycles. The molecule has 0 aliphatic heterocycles. The van der Waals surface area contributed by atoms with E-state index in [0.29, 0.717) is 0 Å². The van der Waals surface area contributed by atoms with Crippen LogP contribution in [0.5, 0.6) is 0 Å².